The highest BCUT2D eigenvalue weighted by Gasteiger charge is 2.27. The molecule has 0 aliphatic rings. The normalized spacial score (nSPS) is 12.7. The maximum atomic E-state index is 9.54. The number of rotatable bonds is 10. The number of unbranched alkanes of at least 4 members (excludes halogenated alkanes) is 1. The summed E-state index contributed by atoms with van der Waals surface area (Å²) in [4.78, 5) is 0. The summed E-state index contributed by atoms with van der Waals surface area (Å²) in [7, 11) is 0. The van der Waals surface area contributed by atoms with Crippen LogP contribution in [0.25, 0.3) is 0 Å². The molecule has 0 spiro atoms. The van der Waals surface area contributed by atoms with Crippen molar-refractivity contribution in [2.24, 2.45) is 17.3 Å². The van der Waals surface area contributed by atoms with Crippen LogP contribution >= 0.6 is 0 Å². The molecule has 0 heterocycles. The summed E-state index contributed by atoms with van der Waals surface area (Å²) in [6.45, 7) is 9.11. The highest BCUT2D eigenvalue weighted by Crippen LogP contribution is 2.31. The summed E-state index contributed by atoms with van der Waals surface area (Å²) >= 11 is 0. The van der Waals surface area contributed by atoms with Crippen LogP contribution in [0.15, 0.2) is 0 Å². The Labute approximate surface area is 107 Å². The minimum absolute atomic E-state index is 0.123. The monoisotopic (exact) mass is 244 g/mol. The van der Waals surface area contributed by atoms with Crippen molar-refractivity contribution in [3.63, 3.8) is 0 Å². The van der Waals surface area contributed by atoms with E-state index in [1.807, 2.05) is 0 Å². The van der Waals surface area contributed by atoms with Gasteiger partial charge in [0.05, 0.1) is 13.2 Å². The topological polar surface area (TPSA) is 40.5 Å². The van der Waals surface area contributed by atoms with Gasteiger partial charge in [-0.05, 0) is 24.7 Å². The average molecular weight is 244 g/mol. The number of hydrogen-bond acceptors (Lipinski definition) is 2. The van der Waals surface area contributed by atoms with Crippen LogP contribution in [0.3, 0.4) is 0 Å². The lowest BCUT2D eigenvalue weighted by Gasteiger charge is -2.30. The van der Waals surface area contributed by atoms with E-state index in [4.69, 9.17) is 0 Å². The molecule has 104 valence electrons. The molecule has 0 saturated heterocycles. The molecular weight excluding hydrogens is 212 g/mol. The van der Waals surface area contributed by atoms with E-state index < -0.39 is 0 Å². The summed E-state index contributed by atoms with van der Waals surface area (Å²) in [6.07, 6.45) is 6.57. The highest BCUT2D eigenvalue weighted by atomic mass is 16.3. The van der Waals surface area contributed by atoms with E-state index in [-0.39, 0.29) is 18.6 Å². The highest BCUT2D eigenvalue weighted by molar-refractivity contribution is 4.78. The van der Waals surface area contributed by atoms with Crippen molar-refractivity contribution < 1.29 is 10.2 Å². The summed E-state index contributed by atoms with van der Waals surface area (Å²) in [5, 5.41) is 19.1. The van der Waals surface area contributed by atoms with E-state index in [1.54, 1.807) is 0 Å². The summed E-state index contributed by atoms with van der Waals surface area (Å²) in [5.74, 6) is 1.39. The van der Waals surface area contributed by atoms with Crippen LogP contribution in [0.5, 0.6) is 0 Å². The van der Waals surface area contributed by atoms with Crippen molar-refractivity contribution in [2.45, 2.75) is 66.2 Å². The third kappa shape index (κ3) is 7.77. The lowest BCUT2D eigenvalue weighted by atomic mass is 9.78. The molecule has 0 amide bonds. The number of aliphatic hydroxyl groups is 2. The van der Waals surface area contributed by atoms with Gasteiger partial charge in [-0.3, -0.25) is 0 Å². The Morgan fingerprint density at radius 3 is 1.71 bits per heavy atom. The fourth-order valence-corrected chi connectivity index (χ4v) is 2.14. The van der Waals surface area contributed by atoms with Crippen molar-refractivity contribution in [1.29, 1.82) is 0 Å². The van der Waals surface area contributed by atoms with Gasteiger partial charge in [0.25, 0.3) is 0 Å². The molecule has 0 aromatic rings. The fourth-order valence-electron chi connectivity index (χ4n) is 2.14. The molecule has 0 radical (unpaired) electrons. The lowest BCUT2D eigenvalue weighted by Crippen LogP contribution is -2.30. The zero-order chi connectivity index (χ0) is 13.3. The van der Waals surface area contributed by atoms with E-state index >= 15 is 0 Å². The first-order valence-corrected chi connectivity index (χ1v) is 7.17. The van der Waals surface area contributed by atoms with Crippen LogP contribution in [-0.2, 0) is 0 Å². The van der Waals surface area contributed by atoms with E-state index in [0.29, 0.717) is 5.92 Å². The zero-order valence-electron chi connectivity index (χ0n) is 12.2. The second kappa shape index (κ2) is 8.93. The first kappa shape index (κ1) is 16.9. The van der Waals surface area contributed by atoms with E-state index in [0.717, 1.165) is 31.6 Å². The van der Waals surface area contributed by atoms with Crippen LogP contribution in [-0.4, -0.2) is 23.4 Å². The molecule has 0 aliphatic heterocycles. The third-order valence-electron chi connectivity index (χ3n) is 3.66. The Bertz CT molecular complexity index is 172. The van der Waals surface area contributed by atoms with Crippen molar-refractivity contribution in [2.75, 3.05) is 13.2 Å². The fraction of sp³-hybridized carbons (Fsp3) is 1.00. The molecule has 0 rings (SSSR count). The minimum atomic E-state index is -0.235. The molecule has 2 heteroatoms. The second-order valence-corrected chi connectivity index (χ2v) is 6.39. The van der Waals surface area contributed by atoms with Crippen LogP contribution in [0, 0.1) is 17.3 Å². The Morgan fingerprint density at radius 2 is 1.29 bits per heavy atom. The van der Waals surface area contributed by atoms with Gasteiger partial charge in [0.2, 0.25) is 0 Å². The molecule has 0 atom stereocenters. The summed E-state index contributed by atoms with van der Waals surface area (Å²) < 4.78 is 0. The van der Waals surface area contributed by atoms with Gasteiger partial charge in [0, 0.05) is 5.41 Å². The molecule has 0 bridgehead atoms. The number of aliphatic hydroxyl groups excluding tert-OH is 2. The predicted octanol–water partition coefficient (Wildman–Crippen LogP) is 3.61. The Balaban J connectivity index is 4.02. The third-order valence-corrected chi connectivity index (χ3v) is 3.66. The minimum Gasteiger partial charge on any atom is -0.396 e. The Morgan fingerprint density at radius 1 is 0.765 bits per heavy atom. The van der Waals surface area contributed by atoms with Gasteiger partial charge in [-0.1, -0.05) is 53.4 Å². The van der Waals surface area contributed by atoms with Crippen LogP contribution in [0.1, 0.15) is 66.2 Å². The molecule has 0 aromatic carbocycles. The largest absolute Gasteiger partial charge is 0.396 e. The maximum Gasteiger partial charge on any atom is 0.0509 e. The Hall–Kier alpha value is -0.0800. The van der Waals surface area contributed by atoms with Gasteiger partial charge < -0.3 is 10.2 Å². The molecule has 0 unspecified atom stereocenters. The molecule has 0 saturated carbocycles. The van der Waals surface area contributed by atoms with Crippen LogP contribution in [0.4, 0.5) is 0 Å². The zero-order valence-corrected chi connectivity index (χ0v) is 12.2. The molecular formula is C15H32O2. The van der Waals surface area contributed by atoms with E-state index in [1.165, 1.54) is 12.8 Å². The van der Waals surface area contributed by atoms with Crippen molar-refractivity contribution >= 4 is 0 Å². The average Bonchev–Trinajstić information content (AvgIpc) is 2.28. The molecule has 0 fully saturated rings. The first-order chi connectivity index (χ1) is 7.95. The van der Waals surface area contributed by atoms with Crippen LogP contribution < -0.4 is 0 Å². The van der Waals surface area contributed by atoms with E-state index in [2.05, 4.69) is 27.7 Å². The van der Waals surface area contributed by atoms with Gasteiger partial charge >= 0.3 is 0 Å². The van der Waals surface area contributed by atoms with Gasteiger partial charge in [0.1, 0.15) is 0 Å². The molecule has 2 N–H and O–H groups in total. The van der Waals surface area contributed by atoms with Crippen molar-refractivity contribution in [3.8, 4) is 0 Å². The van der Waals surface area contributed by atoms with Gasteiger partial charge in [-0.25, -0.2) is 0 Å². The predicted molar refractivity (Wildman–Crippen MR) is 74.0 cm³/mol. The van der Waals surface area contributed by atoms with E-state index in [9.17, 15) is 10.2 Å². The smallest absolute Gasteiger partial charge is 0.0509 e. The lowest BCUT2D eigenvalue weighted by molar-refractivity contribution is 0.0331. The van der Waals surface area contributed by atoms with Gasteiger partial charge in [-0.2, -0.15) is 0 Å². The second-order valence-electron chi connectivity index (χ2n) is 6.39. The SMILES string of the molecule is CC(C)CCCCC(CO)(CO)CCC(C)C. The van der Waals surface area contributed by atoms with Gasteiger partial charge in [-0.15, -0.1) is 0 Å². The van der Waals surface area contributed by atoms with Crippen molar-refractivity contribution in [1.82, 2.24) is 0 Å². The summed E-state index contributed by atoms with van der Waals surface area (Å²) in [5.41, 5.74) is -0.235. The first-order valence-electron chi connectivity index (χ1n) is 7.17. The Kier molecular flexibility index (Phi) is 8.89. The molecule has 0 aromatic heterocycles. The van der Waals surface area contributed by atoms with Crippen molar-refractivity contribution in [3.05, 3.63) is 0 Å². The van der Waals surface area contributed by atoms with Gasteiger partial charge in [0.15, 0.2) is 0 Å². The molecule has 17 heavy (non-hydrogen) atoms. The molecule has 2 nitrogen and oxygen atoms in total. The quantitative estimate of drug-likeness (QED) is 0.576. The number of hydrogen-bond donors (Lipinski definition) is 2. The molecule has 0 aliphatic carbocycles. The maximum absolute atomic E-state index is 9.54. The summed E-state index contributed by atoms with van der Waals surface area (Å²) in [6, 6.07) is 0. The standard InChI is InChI=1S/C15H32O2/c1-13(2)7-5-6-9-15(11-16,12-17)10-8-14(3)4/h13-14,16-17H,5-12H2,1-4H3. The van der Waals surface area contributed by atoms with Crippen LogP contribution in [0.2, 0.25) is 0 Å².